The van der Waals surface area contributed by atoms with Crippen molar-refractivity contribution in [2.24, 2.45) is 5.92 Å². The van der Waals surface area contributed by atoms with Gasteiger partial charge >= 0.3 is 0 Å². The van der Waals surface area contributed by atoms with Gasteiger partial charge in [-0.25, -0.2) is 9.37 Å². The summed E-state index contributed by atoms with van der Waals surface area (Å²) in [5.41, 5.74) is 7.06. The maximum absolute atomic E-state index is 13.5. The van der Waals surface area contributed by atoms with Crippen molar-refractivity contribution in [1.29, 1.82) is 0 Å². The van der Waals surface area contributed by atoms with Gasteiger partial charge in [0.2, 0.25) is 5.91 Å². The van der Waals surface area contributed by atoms with E-state index in [4.69, 9.17) is 0 Å². The van der Waals surface area contributed by atoms with Gasteiger partial charge in [0, 0.05) is 58.0 Å². The second-order valence-electron chi connectivity index (χ2n) is 10.7. The lowest BCUT2D eigenvalue weighted by atomic mass is 9.87. The van der Waals surface area contributed by atoms with Crippen molar-refractivity contribution in [2.75, 3.05) is 5.32 Å². The molecule has 0 aliphatic heterocycles. The van der Waals surface area contributed by atoms with Crippen LogP contribution >= 0.6 is 0 Å². The molecule has 5 aromatic heterocycles. The Labute approximate surface area is 235 Å². The third kappa shape index (κ3) is 5.06. The summed E-state index contributed by atoms with van der Waals surface area (Å²) in [6, 6.07) is 14.2. The molecule has 5 heterocycles. The Morgan fingerprint density at radius 2 is 1.71 bits per heavy atom. The predicted octanol–water partition coefficient (Wildman–Crippen LogP) is 7.28. The highest BCUT2D eigenvalue weighted by atomic mass is 19.1. The van der Waals surface area contributed by atoms with E-state index in [-0.39, 0.29) is 11.7 Å². The minimum absolute atomic E-state index is 0.0369. The topological polar surface area (TPSA) is 112 Å². The lowest BCUT2D eigenvalue weighted by Gasteiger charge is -2.20. The van der Waals surface area contributed by atoms with E-state index in [9.17, 15) is 9.18 Å². The summed E-state index contributed by atoms with van der Waals surface area (Å²) in [7, 11) is 0. The first kappa shape index (κ1) is 25.1. The largest absolute Gasteiger partial charge is 0.353 e. The van der Waals surface area contributed by atoms with Gasteiger partial charge in [-0.3, -0.25) is 19.9 Å². The number of benzene rings is 1. The number of hydrogen-bond donors (Lipinski definition) is 3. The standard InChI is InChI=1S/C32H28FN7O/c33-23-8-6-20(7-9-23)30-25-15-28(38-27(25)10-11-35-30)31-26-14-22(17-36-32(26)40-39-31)21-13-24(18-34-16-21)37-29(41)12-19-4-2-1-3-5-19/h6-11,13-19,38H,1-5,12H2,(H,37,41)(H,36,39,40). The van der Waals surface area contributed by atoms with Crippen LogP contribution in [0.3, 0.4) is 0 Å². The number of aromatic amines is 2. The summed E-state index contributed by atoms with van der Waals surface area (Å²) in [6.07, 6.45) is 13.5. The van der Waals surface area contributed by atoms with Crippen LogP contribution in [0, 0.1) is 11.7 Å². The van der Waals surface area contributed by atoms with E-state index in [1.54, 1.807) is 36.9 Å². The molecule has 1 saturated carbocycles. The van der Waals surface area contributed by atoms with Crippen molar-refractivity contribution in [3.8, 4) is 33.8 Å². The summed E-state index contributed by atoms with van der Waals surface area (Å²) in [4.78, 5) is 29.7. The van der Waals surface area contributed by atoms with Crippen molar-refractivity contribution in [3.63, 3.8) is 0 Å². The normalized spacial score (nSPS) is 14.1. The number of halogens is 1. The highest BCUT2D eigenvalue weighted by Crippen LogP contribution is 2.34. The van der Waals surface area contributed by atoms with E-state index in [1.165, 1.54) is 31.4 Å². The molecule has 0 saturated heterocycles. The lowest BCUT2D eigenvalue weighted by molar-refractivity contribution is -0.117. The van der Waals surface area contributed by atoms with Gasteiger partial charge in [0.05, 0.1) is 23.3 Å². The van der Waals surface area contributed by atoms with Crippen LogP contribution in [0.5, 0.6) is 0 Å². The molecule has 0 unspecified atom stereocenters. The minimum Gasteiger partial charge on any atom is -0.353 e. The lowest BCUT2D eigenvalue weighted by Crippen LogP contribution is -2.18. The molecule has 204 valence electrons. The predicted molar refractivity (Wildman–Crippen MR) is 157 cm³/mol. The molecule has 3 N–H and O–H groups in total. The van der Waals surface area contributed by atoms with Gasteiger partial charge < -0.3 is 10.3 Å². The van der Waals surface area contributed by atoms with Gasteiger partial charge in [-0.1, -0.05) is 19.3 Å². The average Bonchev–Trinajstić information content (AvgIpc) is 3.62. The molecule has 6 aromatic rings. The number of nitrogens with one attached hydrogen (secondary N) is 3. The first-order valence-electron chi connectivity index (χ1n) is 13.9. The van der Waals surface area contributed by atoms with Crippen LogP contribution in [-0.2, 0) is 4.79 Å². The second kappa shape index (κ2) is 10.6. The number of nitrogens with zero attached hydrogens (tertiary/aromatic N) is 4. The number of fused-ring (bicyclic) bond motifs is 2. The van der Waals surface area contributed by atoms with Crippen LogP contribution in [0.2, 0.25) is 0 Å². The number of pyridine rings is 3. The Hall–Kier alpha value is -4.92. The number of hydrogen-bond acceptors (Lipinski definition) is 5. The Kier molecular flexibility index (Phi) is 6.47. The Morgan fingerprint density at radius 3 is 2.56 bits per heavy atom. The molecule has 0 spiro atoms. The number of amides is 1. The second-order valence-corrected chi connectivity index (χ2v) is 10.7. The number of aromatic nitrogens is 6. The molecule has 1 aromatic carbocycles. The fourth-order valence-electron chi connectivity index (χ4n) is 5.82. The SMILES string of the molecule is O=C(CC1CCCCC1)Nc1cncc(-c2cnc3[nH]nc(-c4cc5c(-c6ccc(F)cc6)nccc5[nH]4)c3c2)c1. The van der Waals surface area contributed by atoms with Crippen molar-refractivity contribution >= 4 is 33.5 Å². The summed E-state index contributed by atoms with van der Waals surface area (Å²) in [5, 5.41) is 12.4. The van der Waals surface area contributed by atoms with Crippen molar-refractivity contribution in [2.45, 2.75) is 38.5 Å². The smallest absolute Gasteiger partial charge is 0.224 e. The minimum atomic E-state index is -0.287. The molecular formula is C32H28FN7O. The van der Waals surface area contributed by atoms with Crippen molar-refractivity contribution in [1.82, 2.24) is 30.1 Å². The highest BCUT2D eigenvalue weighted by molar-refractivity contribution is 6.00. The first-order valence-corrected chi connectivity index (χ1v) is 13.9. The molecule has 8 nitrogen and oxygen atoms in total. The van der Waals surface area contributed by atoms with Gasteiger partial charge in [0.1, 0.15) is 11.5 Å². The molecule has 0 radical (unpaired) electrons. The third-order valence-electron chi connectivity index (χ3n) is 7.89. The molecule has 1 fully saturated rings. The fourth-order valence-corrected chi connectivity index (χ4v) is 5.82. The van der Waals surface area contributed by atoms with Crippen LogP contribution in [0.15, 0.2) is 73.3 Å². The quantitative estimate of drug-likeness (QED) is 0.204. The zero-order valence-corrected chi connectivity index (χ0v) is 22.3. The number of carbonyl (C=O) groups excluding carboxylic acids is 1. The average molecular weight is 546 g/mol. The van der Waals surface area contributed by atoms with E-state index in [0.717, 1.165) is 62.9 Å². The van der Waals surface area contributed by atoms with E-state index in [2.05, 4.69) is 35.5 Å². The van der Waals surface area contributed by atoms with Crippen molar-refractivity contribution < 1.29 is 9.18 Å². The summed E-state index contributed by atoms with van der Waals surface area (Å²) >= 11 is 0. The monoisotopic (exact) mass is 545 g/mol. The van der Waals surface area contributed by atoms with Crippen molar-refractivity contribution in [3.05, 3.63) is 79.1 Å². The van der Waals surface area contributed by atoms with E-state index >= 15 is 0 Å². The van der Waals surface area contributed by atoms with E-state index in [0.29, 0.717) is 23.7 Å². The van der Waals surface area contributed by atoms with E-state index in [1.807, 2.05) is 24.3 Å². The highest BCUT2D eigenvalue weighted by Gasteiger charge is 2.18. The first-order chi connectivity index (χ1) is 20.1. The summed E-state index contributed by atoms with van der Waals surface area (Å²) < 4.78 is 13.5. The number of carbonyl (C=O) groups is 1. The van der Waals surface area contributed by atoms with Gasteiger partial charge in [-0.2, -0.15) is 5.10 Å². The van der Waals surface area contributed by atoms with Gasteiger partial charge in [0.25, 0.3) is 0 Å². The number of anilines is 1. The number of rotatable bonds is 6. The van der Waals surface area contributed by atoms with Gasteiger partial charge in [-0.05, 0) is 67.3 Å². The van der Waals surface area contributed by atoms with Gasteiger partial charge in [0.15, 0.2) is 5.65 Å². The maximum Gasteiger partial charge on any atom is 0.224 e. The Balaban J connectivity index is 1.19. The molecule has 0 bridgehead atoms. The Morgan fingerprint density at radius 1 is 0.878 bits per heavy atom. The van der Waals surface area contributed by atoms with Crippen LogP contribution < -0.4 is 5.32 Å². The summed E-state index contributed by atoms with van der Waals surface area (Å²) in [6.45, 7) is 0. The zero-order valence-electron chi connectivity index (χ0n) is 22.3. The summed E-state index contributed by atoms with van der Waals surface area (Å²) in [5.74, 6) is 0.220. The van der Waals surface area contributed by atoms with Crippen LogP contribution in [0.25, 0.3) is 55.7 Å². The molecule has 1 aliphatic carbocycles. The molecule has 1 amide bonds. The van der Waals surface area contributed by atoms with Crippen LogP contribution in [0.1, 0.15) is 38.5 Å². The zero-order chi connectivity index (χ0) is 27.8. The van der Waals surface area contributed by atoms with Crippen LogP contribution in [0.4, 0.5) is 10.1 Å². The molecular weight excluding hydrogens is 517 g/mol. The Bertz CT molecular complexity index is 1870. The molecule has 1 aliphatic rings. The number of H-pyrrole nitrogens is 2. The third-order valence-corrected chi connectivity index (χ3v) is 7.89. The van der Waals surface area contributed by atoms with Gasteiger partial charge in [-0.15, -0.1) is 0 Å². The fraction of sp³-hybridized carbons (Fsp3) is 0.219. The molecule has 41 heavy (non-hydrogen) atoms. The van der Waals surface area contributed by atoms with E-state index < -0.39 is 0 Å². The van der Waals surface area contributed by atoms with Crippen LogP contribution in [-0.4, -0.2) is 36.0 Å². The molecule has 9 heteroatoms. The molecule has 7 rings (SSSR count). The maximum atomic E-state index is 13.5. The molecule has 0 atom stereocenters.